The average molecular weight is 304 g/mol. The Labute approximate surface area is 127 Å². The zero-order chi connectivity index (χ0) is 16.3. The predicted octanol–water partition coefficient (Wildman–Crippen LogP) is 2.62. The van der Waals surface area contributed by atoms with E-state index in [0.29, 0.717) is 35.1 Å². The van der Waals surface area contributed by atoms with Crippen LogP contribution in [0.25, 0.3) is 10.9 Å². The SMILES string of the molecule is Cc1nc2cc(F)ccc2cc1C(=O)N(C)CCCC(=O)O. The Balaban J connectivity index is 2.22. The number of carbonyl (C=O) groups is 2. The fourth-order valence-corrected chi connectivity index (χ4v) is 2.23. The predicted molar refractivity (Wildman–Crippen MR) is 80.3 cm³/mol. The molecule has 1 aromatic heterocycles. The number of aryl methyl sites for hydroxylation is 1. The average Bonchev–Trinajstić information content (AvgIpc) is 2.45. The maximum absolute atomic E-state index is 13.2. The van der Waals surface area contributed by atoms with Crippen LogP contribution in [0.1, 0.15) is 28.9 Å². The summed E-state index contributed by atoms with van der Waals surface area (Å²) in [5.74, 6) is -1.47. The topological polar surface area (TPSA) is 70.5 Å². The Hall–Kier alpha value is -2.50. The van der Waals surface area contributed by atoms with Crippen LogP contribution in [0.4, 0.5) is 4.39 Å². The molecule has 2 rings (SSSR count). The lowest BCUT2D eigenvalue weighted by atomic mass is 10.1. The van der Waals surface area contributed by atoms with E-state index in [1.54, 1.807) is 26.1 Å². The molecule has 2 aromatic rings. The van der Waals surface area contributed by atoms with Gasteiger partial charge in [-0.25, -0.2) is 4.39 Å². The number of aromatic nitrogens is 1. The maximum Gasteiger partial charge on any atom is 0.303 e. The number of rotatable bonds is 5. The van der Waals surface area contributed by atoms with Crippen LogP contribution in [0.3, 0.4) is 0 Å². The minimum Gasteiger partial charge on any atom is -0.481 e. The minimum absolute atomic E-state index is 0.0197. The minimum atomic E-state index is -0.883. The molecule has 0 aliphatic rings. The van der Waals surface area contributed by atoms with Crippen molar-refractivity contribution in [3.63, 3.8) is 0 Å². The normalized spacial score (nSPS) is 10.7. The summed E-state index contributed by atoms with van der Waals surface area (Å²) in [4.78, 5) is 28.7. The number of aliphatic carboxylic acids is 1. The highest BCUT2D eigenvalue weighted by Crippen LogP contribution is 2.19. The van der Waals surface area contributed by atoms with Gasteiger partial charge in [0, 0.05) is 31.5 Å². The lowest BCUT2D eigenvalue weighted by molar-refractivity contribution is -0.137. The van der Waals surface area contributed by atoms with Gasteiger partial charge in [0.2, 0.25) is 0 Å². The molecule has 22 heavy (non-hydrogen) atoms. The van der Waals surface area contributed by atoms with Crippen molar-refractivity contribution in [1.29, 1.82) is 0 Å². The highest BCUT2D eigenvalue weighted by molar-refractivity contribution is 5.98. The number of amides is 1. The van der Waals surface area contributed by atoms with E-state index in [1.807, 2.05) is 0 Å². The Morgan fingerprint density at radius 3 is 2.73 bits per heavy atom. The van der Waals surface area contributed by atoms with Crippen LogP contribution >= 0.6 is 0 Å². The molecule has 5 nitrogen and oxygen atoms in total. The molecule has 0 radical (unpaired) electrons. The molecule has 1 amide bonds. The molecule has 0 spiro atoms. The van der Waals surface area contributed by atoms with Gasteiger partial charge in [0.05, 0.1) is 16.8 Å². The Morgan fingerprint density at radius 1 is 1.32 bits per heavy atom. The molecule has 0 atom stereocenters. The third-order valence-electron chi connectivity index (χ3n) is 3.43. The van der Waals surface area contributed by atoms with Gasteiger partial charge < -0.3 is 10.0 Å². The van der Waals surface area contributed by atoms with Gasteiger partial charge in [0.25, 0.3) is 5.91 Å². The zero-order valence-electron chi connectivity index (χ0n) is 12.5. The molecule has 1 N–H and O–H groups in total. The Morgan fingerprint density at radius 2 is 2.05 bits per heavy atom. The van der Waals surface area contributed by atoms with Gasteiger partial charge in [-0.2, -0.15) is 0 Å². The van der Waals surface area contributed by atoms with Gasteiger partial charge >= 0.3 is 5.97 Å². The second kappa shape index (κ2) is 6.51. The van der Waals surface area contributed by atoms with E-state index in [1.165, 1.54) is 17.0 Å². The molecule has 0 aliphatic carbocycles. The number of carboxylic acid groups (broad SMARTS) is 1. The maximum atomic E-state index is 13.2. The van der Waals surface area contributed by atoms with Gasteiger partial charge in [0.15, 0.2) is 0 Å². The van der Waals surface area contributed by atoms with Gasteiger partial charge in [-0.15, -0.1) is 0 Å². The fraction of sp³-hybridized carbons (Fsp3) is 0.312. The first-order valence-corrected chi connectivity index (χ1v) is 6.92. The summed E-state index contributed by atoms with van der Waals surface area (Å²) in [6.45, 7) is 2.05. The third kappa shape index (κ3) is 3.58. The molecule has 1 heterocycles. The fourth-order valence-electron chi connectivity index (χ4n) is 2.23. The molecule has 6 heteroatoms. The van der Waals surface area contributed by atoms with Crippen molar-refractivity contribution in [3.05, 3.63) is 41.3 Å². The van der Waals surface area contributed by atoms with E-state index in [4.69, 9.17) is 5.11 Å². The van der Waals surface area contributed by atoms with Crippen molar-refractivity contribution in [3.8, 4) is 0 Å². The summed E-state index contributed by atoms with van der Waals surface area (Å²) >= 11 is 0. The highest BCUT2D eigenvalue weighted by Gasteiger charge is 2.16. The van der Waals surface area contributed by atoms with E-state index in [2.05, 4.69) is 4.98 Å². The van der Waals surface area contributed by atoms with Crippen LogP contribution in [0, 0.1) is 12.7 Å². The number of carbonyl (C=O) groups excluding carboxylic acids is 1. The van der Waals surface area contributed by atoms with Crippen LogP contribution in [-0.2, 0) is 4.79 Å². The third-order valence-corrected chi connectivity index (χ3v) is 3.43. The second-order valence-corrected chi connectivity index (χ2v) is 5.18. The first kappa shape index (κ1) is 15.9. The number of nitrogens with zero attached hydrogens (tertiary/aromatic N) is 2. The lowest BCUT2D eigenvalue weighted by Crippen LogP contribution is -2.29. The van der Waals surface area contributed by atoms with Crippen molar-refractivity contribution in [2.75, 3.05) is 13.6 Å². The van der Waals surface area contributed by atoms with Crippen molar-refractivity contribution < 1.29 is 19.1 Å². The van der Waals surface area contributed by atoms with Crippen LogP contribution < -0.4 is 0 Å². The van der Waals surface area contributed by atoms with Crippen LogP contribution in [0.2, 0.25) is 0 Å². The van der Waals surface area contributed by atoms with Gasteiger partial charge in [-0.1, -0.05) is 0 Å². The van der Waals surface area contributed by atoms with Crippen LogP contribution in [0.15, 0.2) is 24.3 Å². The molecular weight excluding hydrogens is 287 g/mol. The molecule has 0 saturated heterocycles. The standard InChI is InChI=1S/C16H17FN2O3/c1-10-13(16(22)19(2)7-3-4-15(20)21)8-11-5-6-12(17)9-14(11)18-10/h5-6,8-9H,3-4,7H2,1-2H3,(H,20,21). The zero-order valence-corrected chi connectivity index (χ0v) is 12.5. The Bertz CT molecular complexity index is 731. The largest absolute Gasteiger partial charge is 0.481 e. The number of hydrogen-bond acceptors (Lipinski definition) is 3. The molecule has 0 aliphatic heterocycles. The van der Waals surface area contributed by atoms with Crippen LogP contribution in [-0.4, -0.2) is 40.5 Å². The molecule has 116 valence electrons. The smallest absolute Gasteiger partial charge is 0.303 e. The molecule has 0 saturated carbocycles. The van der Waals surface area contributed by atoms with Crippen LogP contribution in [0.5, 0.6) is 0 Å². The number of pyridine rings is 1. The van der Waals surface area contributed by atoms with E-state index < -0.39 is 5.97 Å². The monoisotopic (exact) mass is 304 g/mol. The van der Waals surface area contributed by atoms with Crippen molar-refractivity contribution in [1.82, 2.24) is 9.88 Å². The molecule has 1 aromatic carbocycles. The summed E-state index contributed by atoms with van der Waals surface area (Å²) in [6.07, 6.45) is 0.411. The number of fused-ring (bicyclic) bond motifs is 1. The Kier molecular flexibility index (Phi) is 4.70. The summed E-state index contributed by atoms with van der Waals surface area (Å²) in [5, 5.41) is 9.31. The van der Waals surface area contributed by atoms with Crippen molar-refractivity contribution in [2.45, 2.75) is 19.8 Å². The summed E-state index contributed by atoms with van der Waals surface area (Å²) in [5.41, 5.74) is 1.47. The van der Waals surface area contributed by atoms with E-state index in [9.17, 15) is 14.0 Å². The summed E-state index contributed by atoms with van der Waals surface area (Å²) in [7, 11) is 1.62. The van der Waals surface area contributed by atoms with E-state index >= 15 is 0 Å². The number of carboxylic acids is 1. The molecule has 0 unspecified atom stereocenters. The first-order valence-electron chi connectivity index (χ1n) is 6.92. The van der Waals surface area contributed by atoms with Gasteiger partial charge in [-0.05, 0) is 31.5 Å². The van der Waals surface area contributed by atoms with E-state index in [0.717, 1.165) is 0 Å². The lowest BCUT2D eigenvalue weighted by Gasteiger charge is -2.18. The number of halogens is 1. The quantitative estimate of drug-likeness (QED) is 0.922. The van der Waals surface area contributed by atoms with Gasteiger partial charge in [-0.3, -0.25) is 14.6 Å². The molecule has 0 fully saturated rings. The molecular formula is C16H17FN2O3. The van der Waals surface area contributed by atoms with E-state index in [-0.39, 0.29) is 18.1 Å². The number of hydrogen-bond donors (Lipinski definition) is 1. The number of benzene rings is 1. The highest BCUT2D eigenvalue weighted by atomic mass is 19.1. The van der Waals surface area contributed by atoms with Crippen molar-refractivity contribution >= 4 is 22.8 Å². The summed E-state index contributed by atoms with van der Waals surface area (Å²) in [6, 6.07) is 5.92. The van der Waals surface area contributed by atoms with Gasteiger partial charge in [0.1, 0.15) is 5.82 Å². The van der Waals surface area contributed by atoms with Crippen molar-refractivity contribution in [2.24, 2.45) is 0 Å². The molecule has 0 bridgehead atoms. The first-order chi connectivity index (χ1) is 10.4. The second-order valence-electron chi connectivity index (χ2n) is 5.18. The summed E-state index contributed by atoms with van der Waals surface area (Å²) < 4.78 is 13.2.